The van der Waals surface area contributed by atoms with E-state index in [1.165, 1.54) is 30.5 Å². The van der Waals surface area contributed by atoms with Crippen molar-refractivity contribution in [1.29, 1.82) is 0 Å². The first-order valence-electron chi connectivity index (χ1n) is 8.56. The molecule has 0 unspecified atom stereocenters. The number of benzene rings is 1. The molecule has 1 amide bonds. The number of amides is 1. The van der Waals surface area contributed by atoms with E-state index in [4.69, 9.17) is 9.15 Å². The first kappa shape index (κ1) is 18.6. The van der Waals surface area contributed by atoms with Crippen molar-refractivity contribution in [2.75, 3.05) is 0 Å². The van der Waals surface area contributed by atoms with Crippen LogP contribution in [0.3, 0.4) is 0 Å². The largest absolute Gasteiger partial charge is 0.484 e. The number of rotatable bonds is 7. The molecule has 0 spiro atoms. The van der Waals surface area contributed by atoms with Crippen molar-refractivity contribution in [2.24, 2.45) is 0 Å². The highest BCUT2D eigenvalue weighted by atomic mass is 19.1. The van der Waals surface area contributed by atoms with Gasteiger partial charge in [-0.15, -0.1) is 0 Å². The second kappa shape index (κ2) is 8.44. The Morgan fingerprint density at radius 3 is 2.74 bits per heavy atom. The van der Waals surface area contributed by atoms with Gasteiger partial charge in [-0.25, -0.2) is 9.37 Å². The molecule has 1 atom stereocenters. The predicted molar refractivity (Wildman–Crippen MR) is 96.8 cm³/mol. The highest BCUT2D eigenvalue weighted by Gasteiger charge is 2.15. The van der Waals surface area contributed by atoms with Crippen molar-refractivity contribution in [1.82, 2.24) is 15.3 Å². The van der Waals surface area contributed by atoms with E-state index >= 15 is 0 Å². The van der Waals surface area contributed by atoms with Gasteiger partial charge in [0.05, 0.1) is 0 Å². The van der Waals surface area contributed by atoms with Gasteiger partial charge in [-0.05, 0) is 50.2 Å². The first-order valence-corrected chi connectivity index (χ1v) is 8.56. The van der Waals surface area contributed by atoms with Gasteiger partial charge in [-0.2, -0.15) is 0 Å². The molecular weight excluding hydrogens is 349 g/mol. The van der Waals surface area contributed by atoms with Crippen molar-refractivity contribution >= 4 is 5.91 Å². The van der Waals surface area contributed by atoms with E-state index < -0.39 is 0 Å². The van der Waals surface area contributed by atoms with E-state index in [0.29, 0.717) is 12.2 Å². The molecule has 1 aromatic carbocycles. The SMILES string of the molecule is Cc1cccc(C[C@H](C)NC(=O)c2coc(COc3ccc(F)cc3)n2)n1. The van der Waals surface area contributed by atoms with E-state index in [2.05, 4.69) is 15.3 Å². The number of oxazole rings is 1. The molecule has 2 aromatic heterocycles. The highest BCUT2D eigenvalue weighted by Crippen LogP contribution is 2.13. The minimum absolute atomic E-state index is 0.0433. The molecule has 140 valence electrons. The fraction of sp³-hybridized carbons (Fsp3) is 0.250. The van der Waals surface area contributed by atoms with Gasteiger partial charge < -0.3 is 14.5 Å². The van der Waals surface area contributed by atoms with E-state index in [0.717, 1.165) is 11.4 Å². The van der Waals surface area contributed by atoms with Crippen molar-refractivity contribution in [3.63, 3.8) is 0 Å². The molecule has 6 nitrogen and oxygen atoms in total. The zero-order chi connectivity index (χ0) is 19.2. The first-order chi connectivity index (χ1) is 13.0. The van der Waals surface area contributed by atoms with Crippen molar-refractivity contribution in [3.8, 4) is 5.75 Å². The summed E-state index contributed by atoms with van der Waals surface area (Å²) in [6, 6.07) is 11.3. The van der Waals surface area contributed by atoms with E-state index in [-0.39, 0.29) is 36.0 Å². The number of ether oxygens (including phenoxy) is 1. The standard InChI is InChI=1S/C20H20FN3O3/c1-13-4-3-5-16(22-13)10-14(2)23-20(25)18-11-27-19(24-18)12-26-17-8-6-15(21)7-9-17/h3-9,11,14H,10,12H2,1-2H3,(H,23,25)/t14-/m0/s1. The summed E-state index contributed by atoms with van der Waals surface area (Å²) < 4.78 is 23.6. The molecule has 0 aliphatic carbocycles. The summed E-state index contributed by atoms with van der Waals surface area (Å²) in [5.41, 5.74) is 2.03. The summed E-state index contributed by atoms with van der Waals surface area (Å²) in [5.74, 6) is 0.0803. The number of carbonyl (C=O) groups is 1. The lowest BCUT2D eigenvalue weighted by Gasteiger charge is -2.12. The average molecular weight is 369 g/mol. The van der Waals surface area contributed by atoms with Crippen LogP contribution < -0.4 is 10.1 Å². The lowest BCUT2D eigenvalue weighted by molar-refractivity contribution is 0.0935. The number of hydrogen-bond acceptors (Lipinski definition) is 5. The third kappa shape index (κ3) is 5.37. The van der Waals surface area contributed by atoms with Crippen LogP contribution in [0.5, 0.6) is 5.75 Å². The topological polar surface area (TPSA) is 77.2 Å². The number of carbonyl (C=O) groups excluding carboxylic acids is 1. The van der Waals surface area contributed by atoms with Crippen LogP contribution in [0.15, 0.2) is 53.1 Å². The Hall–Kier alpha value is -3.22. The summed E-state index contributed by atoms with van der Waals surface area (Å²) in [6.07, 6.45) is 1.90. The molecule has 0 aliphatic heterocycles. The molecule has 0 bridgehead atoms. The van der Waals surface area contributed by atoms with E-state index in [9.17, 15) is 9.18 Å². The Balaban J connectivity index is 1.52. The Morgan fingerprint density at radius 2 is 2.00 bits per heavy atom. The maximum Gasteiger partial charge on any atom is 0.273 e. The van der Waals surface area contributed by atoms with Gasteiger partial charge in [0.1, 0.15) is 17.8 Å². The Kier molecular flexibility index (Phi) is 5.80. The number of nitrogens with one attached hydrogen (secondary N) is 1. The normalized spacial score (nSPS) is 11.8. The Labute approximate surface area is 156 Å². The number of aryl methyl sites for hydroxylation is 1. The minimum Gasteiger partial charge on any atom is -0.484 e. The lowest BCUT2D eigenvalue weighted by Crippen LogP contribution is -2.34. The number of aromatic nitrogens is 2. The van der Waals surface area contributed by atoms with Gasteiger partial charge in [0, 0.05) is 23.9 Å². The van der Waals surface area contributed by atoms with Gasteiger partial charge in [-0.3, -0.25) is 9.78 Å². The molecule has 27 heavy (non-hydrogen) atoms. The molecule has 0 saturated heterocycles. The molecule has 3 aromatic rings. The maximum atomic E-state index is 12.9. The minimum atomic E-state index is -0.340. The molecule has 0 aliphatic rings. The van der Waals surface area contributed by atoms with Crippen LogP contribution in [0.4, 0.5) is 4.39 Å². The second-order valence-corrected chi connectivity index (χ2v) is 6.22. The van der Waals surface area contributed by atoms with E-state index in [1.807, 2.05) is 32.0 Å². The van der Waals surface area contributed by atoms with Gasteiger partial charge >= 0.3 is 0 Å². The fourth-order valence-corrected chi connectivity index (χ4v) is 2.53. The molecule has 0 radical (unpaired) electrons. The third-order valence-electron chi connectivity index (χ3n) is 3.80. The fourth-order valence-electron chi connectivity index (χ4n) is 2.53. The third-order valence-corrected chi connectivity index (χ3v) is 3.80. The molecule has 1 N–H and O–H groups in total. The van der Waals surface area contributed by atoms with Gasteiger partial charge in [-0.1, -0.05) is 6.07 Å². The van der Waals surface area contributed by atoms with Crippen LogP contribution >= 0.6 is 0 Å². The van der Waals surface area contributed by atoms with E-state index in [1.54, 1.807) is 0 Å². The Bertz CT molecular complexity index is 909. The number of nitrogens with zero attached hydrogens (tertiary/aromatic N) is 2. The van der Waals surface area contributed by atoms with Crippen molar-refractivity contribution in [2.45, 2.75) is 32.9 Å². The van der Waals surface area contributed by atoms with Gasteiger partial charge in [0.2, 0.25) is 5.89 Å². The summed E-state index contributed by atoms with van der Waals surface area (Å²) in [6.45, 7) is 3.87. The smallest absolute Gasteiger partial charge is 0.273 e. The van der Waals surface area contributed by atoms with Crippen LogP contribution in [0.1, 0.15) is 34.7 Å². The molecule has 2 heterocycles. The van der Waals surface area contributed by atoms with Crippen LogP contribution in [0.25, 0.3) is 0 Å². The van der Waals surface area contributed by atoms with Crippen LogP contribution in [0, 0.1) is 12.7 Å². The second-order valence-electron chi connectivity index (χ2n) is 6.22. The van der Waals surface area contributed by atoms with Gasteiger partial charge in [0.25, 0.3) is 5.91 Å². The zero-order valence-electron chi connectivity index (χ0n) is 15.1. The monoisotopic (exact) mass is 369 g/mol. The summed E-state index contributed by atoms with van der Waals surface area (Å²) in [7, 11) is 0. The van der Waals surface area contributed by atoms with Crippen LogP contribution in [-0.4, -0.2) is 21.9 Å². The van der Waals surface area contributed by atoms with Crippen LogP contribution in [0.2, 0.25) is 0 Å². The molecular formula is C20H20FN3O3. The summed E-state index contributed by atoms with van der Waals surface area (Å²) in [4.78, 5) is 20.9. The van der Waals surface area contributed by atoms with Gasteiger partial charge in [0.15, 0.2) is 12.3 Å². The Morgan fingerprint density at radius 1 is 1.22 bits per heavy atom. The van der Waals surface area contributed by atoms with Crippen molar-refractivity contribution in [3.05, 3.63) is 77.5 Å². The summed E-state index contributed by atoms with van der Waals surface area (Å²) in [5, 5.41) is 2.87. The predicted octanol–water partition coefficient (Wildman–Crippen LogP) is 3.46. The number of hydrogen-bond donors (Lipinski definition) is 1. The lowest BCUT2D eigenvalue weighted by atomic mass is 10.1. The summed E-state index contributed by atoms with van der Waals surface area (Å²) >= 11 is 0. The quantitative estimate of drug-likeness (QED) is 0.690. The van der Waals surface area contributed by atoms with Crippen molar-refractivity contribution < 1.29 is 18.3 Å². The zero-order valence-corrected chi connectivity index (χ0v) is 15.1. The maximum absolute atomic E-state index is 12.9. The molecule has 7 heteroatoms. The highest BCUT2D eigenvalue weighted by molar-refractivity contribution is 5.92. The molecule has 0 fully saturated rings. The van der Waals surface area contributed by atoms with Crippen LogP contribution in [-0.2, 0) is 13.0 Å². The number of pyridine rings is 1. The number of halogens is 1. The average Bonchev–Trinajstić information content (AvgIpc) is 3.10. The molecule has 0 saturated carbocycles. The molecule has 3 rings (SSSR count).